The molecule has 0 aliphatic carbocycles. The Balaban J connectivity index is 0.00000182. The van der Waals surface area contributed by atoms with Crippen LogP contribution in [0.5, 0.6) is 5.75 Å². The third-order valence-corrected chi connectivity index (χ3v) is 4.53. The Bertz CT molecular complexity index is 1000. The number of thiazole rings is 1. The van der Waals surface area contributed by atoms with E-state index in [1.807, 2.05) is 19.2 Å². The van der Waals surface area contributed by atoms with E-state index in [4.69, 9.17) is 14.9 Å². The number of nitrogens with zero attached hydrogens (tertiary/aromatic N) is 1. The first-order valence-corrected chi connectivity index (χ1v) is 8.83. The topological polar surface area (TPSA) is 95.4 Å². The Labute approximate surface area is 172 Å². The molecule has 0 bridgehead atoms. The summed E-state index contributed by atoms with van der Waals surface area (Å²) in [5, 5.41) is 3.15. The largest absolute Gasteiger partial charge is 0.463 e. The number of rotatable bonds is 5. The van der Waals surface area contributed by atoms with Gasteiger partial charge in [-0.3, -0.25) is 9.59 Å². The van der Waals surface area contributed by atoms with Crippen LogP contribution in [0, 0.1) is 6.92 Å². The number of hydrogen-bond donors (Lipinski definition) is 1. The van der Waals surface area contributed by atoms with Gasteiger partial charge in [-0.1, -0.05) is 13.3 Å². The number of aryl methyl sites for hydroxylation is 2. The zero-order valence-electron chi connectivity index (χ0n) is 14.8. The molecular weight excluding hydrogens is 411 g/mol. The van der Waals surface area contributed by atoms with Crippen LogP contribution in [-0.2, 0) is 11.2 Å². The molecule has 0 radical (unpaired) electrons. The molecule has 9 heteroatoms. The van der Waals surface area contributed by atoms with Crippen LogP contribution in [0.15, 0.2) is 33.0 Å². The van der Waals surface area contributed by atoms with E-state index < -0.39 is 5.97 Å². The van der Waals surface area contributed by atoms with E-state index in [-0.39, 0.29) is 36.8 Å². The number of nitrogens with two attached hydrogens (primary N) is 1. The Kier molecular flexibility index (Phi) is 8.43. The minimum absolute atomic E-state index is 0. The van der Waals surface area contributed by atoms with Crippen LogP contribution in [0.4, 0.5) is 0 Å². The maximum absolute atomic E-state index is 12.9. The number of ether oxygens (including phenoxy) is 1. The highest BCUT2D eigenvalue weighted by molar-refractivity contribution is 7.09. The summed E-state index contributed by atoms with van der Waals surface area (Å²) in [5.41, 5.74) is 7.32. The summed E-state index contributed by atoms with van der Waals surface area (Å²) in [7, 11) is 0. The van der Waals surface area contributed by atoms with Crippen molar-refractivity contribution in [2.24, 2.45) is 5.73 Å². The van der Waals surface area contributed by atoms with Crippen LogP contribution < -0.4 is 15.9 Å². The van der Waals surface area contributed by atoms with Crippen LogP contribution in [-0.4, -0.2) is 17.5 Å². The maximum Gasteiger partial charge on any atom is 0.325 e. The van der Waals surface area contributed by atoms with Gasteiger partial charge in [-0.15, -0.1) is 36.2 Å². The number of hydrogen-bond acceptors (Lipinski definition) is 7. The summed E-state index contributed by atoms with van der Waals surface area (Å²) in [6.07, 6.45) is 2.91. The molecule has 0 amide bonds. The number of fused-ring (bicyclic) bond motifs is 1. The molecule has 2 N–H and O–H groups in total. The molecule has 0 aliphatic rings. The molecule has 27 heavy (non-hydrogen) atoms. The van der Waals surface area contributed by atoms with Crippen molar-refractivity contribution in [3.63, 3.8) is 0 Å². The van der Waals surface area contributed by atoms with Crippen molar-refractivity contribution in [2.45, 2.75) is 26.7 Å². The van der Waals surface area contributed by atoms with Gasteiger partial charge in [0.15, 0.2) is 0 Å². The normalized spacial score (nSPS) is 10.2. The van der Waals surface area contributed by atoms with E-state index in [0.717, 1.165) is 17.0 Å². The lowest BCUT2D eigenvalue weighted by Gasteiger charge is -2.10. The maximum atomic E-state index is 12.9. The Morgan fingerprint density at radius 3 is 2.67 bits per heavy atom. The van der Waals surface area contributed by atoms with Crippen molar-refractivity contribution >= 4 is 53.1 Å². The zero-order chi connectivity index (χ0) is 18.0. The molecule has 0 unspecified atom stereocenters. The monoisotopic (exact) mass is 430 g/mol. The summed E-state index contributed by atoms with van der Waals surface area (Å²) < 4.78 is 10.9. The van der Waals surface area contributed by atoms with E-state index in [0.29, 0.717) is 34.4 Å². The van der Waals surface area contributed by atoms with Crippen LogP contribution >= 0.6 is 36.2 Å². The first-order valence-electron chi connectivity index (χ1n) is 7.95. The lowest BCUT2D eigenvalue weighted by Crippen LogP contribution is -2.20. The van der Waals surface area contributed by atoms with Gasteiger partial charge in [0, 0.05) is 11.4 Å². The number of carbonyl (C=O) groups is 1. The standard InChI is InChI=1S/C18H18N2O4S.2ClH/c1-3-4-11-5-12-16(6-15(11)24-17(21)7-19)23-8-13(18(12)22)14-9-25-10(2)20-14;;/h5-6,8-9H,3-4,7,19H2,1-2H3;2*1H. The summed E-state index contributed by atoms with van der Waals surface area (Å²) in [6, 6.07) is 3.30. The van der Waals surface area contributed by atoms with E-state index in [1.54, 1.807) is 12.1 Å². The highest BCUT2D eigenvalue weighted by Gasteiger charge is 2.16. The molecule has 146 valence electrons. The summed E-state index contributed by atoms with van der Waals surface area (Å²) in [4.78, 5) is 28.7. The molecule has 0 spiro atoms. The first-order chi connectivity index (χ1) is 12.0. The van der Waals surface area contributed by atoms with Crippen molar-refractivity contribution in [1.82, 2.24) is 4.98 Å². The lowest BCUT2D eigenvalue weighted by atomic mass is 10.0. The van der Waals surface area contributed by atoms with Gasteiger partial charge >= 0.3 is 5.97 Å². The average Bonchev–Trinajstić information content (AvgIpc) is 3.02. The quantitative estimate of drug-likeness (QED) is 0.487. The van der Waals surface area contributed by atoms with Gasteiger partial charge in [0.2, 0.25) is 5.43 Å². The summed E-state index contributed by atoms with van der Waals surface area (Å²) in [6.45, 7) is 3.68. The second-order valence-corrected chi connectivity index (χ2v) is 6.68. The molecule has 0 fully saturated rings. The van der Waals surface area contributed by atoms with Crippen molar-refractivity contribution in [1.29, 1.82) is 0 Å². The molecule has 0 saturated carbocycles. The van der Waals surface area contributed by atoms with Crippen LogP contribution in [0.1, 0.15) is 23.9 Å². The SMILES string of the molecule is CCCc1cc2c(=O)c(-c3csc(C)n3)coc2cc1OC(=O)CN.Cl.Cl. The van der Waals surface area contributed by atoms with Crippen molar-refractivity contribution < 1.29 is 13.9 Å². The predicted octanol–water partition coefficient (Wildman–Crippen LogP) is 3.89. The zero-order valence-corrected chi connectivity index (χ0v) is 17.3. The Morgan fingerprint density at radius 2 is 2.07 bits per heavy atom. The fourth-order valence-electron chi connectivity index (χ4n) is 2.59. The molecular formula is C18H20Cl2N2O4S. The molecule has 3 aromatic rings. The smallest absolute Gasteiger partial charge is 0.325 e. The second-order valence-electron chi connectivity index (χ2n) is 5.61. The third-order valence-electron chi connectivity index (χ3n) is 3.76. The number of aromatic nitrogens is 1. The summed E-state index contributed by atoms with van der Waals surface area (Å²) >= 11 is 1.48. The Morgan fingerprint density at radius 1 is 1.33 bits per heavy atom. The molecule has 6 nitrogen and oxygen atoms in total. The number of esters is 1. The number of benzene rings is 1. The molecule has 2 aromatic heterocycles. The number of halogens is 2. The molecule has 0 atom stereocenters. The third kappa shape index (κ3) is 4.87. The first kappa shape index (κ1) is 23.1. The van der Waals surface area contributed by atoms with Gasteiger partial charge in [0.25, 0.3) is 0 Å². The Hall–Kier alpha value is -1.93. The number of carbonyl (C=O) groups excluding carboxylic acids is 1. The van der Waals surface area contributed by atoms with Crippen LogP contribution in [0.3, 0.4) is 0 Å². The fraction of sp³-hybridized carbons (Fsp3) is 0.278. The van der Waals surface area contributed by atoms with E-state index >= 15 is 0 Å². The molecule has 0 aliphatic heterocycles. The fourth-order valence-corrected chi connectivity index (χ4v) is 3.20. The van der Waals surface area contributed by atoms with Gasteiger partial charge in [-0.05, 0) is 25.0 Å². The van der Waals surface area contributed by atoms with Crippen LogP contribution in [0.2, 0.25) is 0 Å². The lowest BCUT2D eigenvalue weighted by molar-refractivity contribution is -0.132. The van der Waals surface area contributed by atoms with Gasteiger partial charge < -0.3 is 14.9 Å². The van der Waals surface area contributed by atoms with E-state index in [2.05, 4.69) is 4.98 Å². The molecule has 2 heterocycles. The average molecular weight is 431 g/mol. The molecule has 0 saturated heterocycles. The minimum Gasteiger partial charge on any atom is -0.463 e. The second kappa shape index (κ2) is 9.85. The van der Waals surface area contributed by atoms with E-state index in [1.165, 1.54) is 17.6 Å². The van der Waals surface area contributed by atoms with Gasteiger partial charge in [0.05, 0.1) is 28.2 Å². The predicted molar refractivity (Wildman–Crippen MR) is 112 cm³/mol. The van der Waals surface area contributed by atoms with Crippen molar-refractivity contribution in [3.8, 4) is 17.0 Å². The van der Waals surface area contributed by atoms with Gasteiger partial charge in [0.1, 0.15) is 17.6 Å². The highest BCUT2D eigenvalue weighted by atomic mass is 35.5. The van der Waals surface area contributed by atoms with Crippen molar-refractivity contribution in [3.05, 3.63) is 44.6 Å². The van der Waals surface area contributed by atoms with Crippen LogP contribution in [0.25, 0.3) is 22.2 Å². The van der Waals surface area contributed by atoms with Crippen molar-refractivity contribution in [2.75, 3.05) is 6.54 Å². The minimum atomic E-state index is -0.534. The van der Waals surface area contributed by atoms with E-state index in [9.17, 15) is 9.59 Å². The highest BCUT2D eigenvalue weighted by Crippen LogP contribution is 2.28. The summed E-state index contributed by atoms with van der Waals surface area (Å²) in [5.74, 6) is -0.154. The van der Waals surface area contributed by atoms with Gasteiger partial charge in [-0.2, -0.15) is 0 Å². The van der Waals surface area contributed by atoms with Gasteiger partial charge in [-0.25, -0.2) is 4.98 Å². The molecule has 3 rings (SSSR count). The molecule has 1 aromatic carbocycles.